The number of nitrogens with zero attached hydrogens (tertiary/aromatic N) is 3. The Morgan fingerprint density at radius 1 is 0.923 bits per heavy atom. The van der Waals surface area contributed by atoms with Gasteiger partial charge in [-0.05, 0) is 53.9 Å². The van der Waals surface area contributed by atoms with Crippen LogP contribution in [0, 0.1) is 10.1 Å². The van der Waals surface area contributed by atoms with Crippen LogP contribution in [0.5, 0.6) is 0 Å². The third kappa shape index (κ3) is 5.31. The first-order valence-electron chi connectivity index (χ1n) is 11.5. The third-order valence-electron chi connectivity index (χ3n) is 6.18. The Morgan fingerprint density at radius 3 is 2.23 bits per heavy atom. The maximum atomic E-state index is 13.2. The first-order valence-corrected chi connectivity index (χ1v) is 15.2. The lowest BCUT2D eigenvalue weighted by atomic mass is 10.0. The van der Waals surface area contributed by atoms with E-state index in [2.05, 4.69) is 10.3 Å². The second-order valence-corrected chi connectivity index (χ2v) is 13.7. The number of rotatable bonds is 7. The van der Waals surface area contributed by atoms with Crippen LogP contribution in [0.25, 0.3) is 0 Å². The summed E-state index contributed by atoms with van der Waals surface area (Å²) in [5.41, 5.74) is 2.00. The number of nitrogens with one attached hydrogen (secondary N) is 1. The summed E-state index contributed by atoms with van der Waals surface area (Å²) in [7, 11) is -7.77. The molecule has 1 aromatic heterocycles. The number of nitro groups is 1. The van der Waals surface area contributed by atoms with E-state index in [1.54, 1.807) is 0 Å². The first-order chi connectivity index (χ1) is 18.6. The molecule has 0 aliphatic carbocycles. The number of thiazole rings is 1. The van der Waals surface area contributed by atoms with Gasteiger partial charge < -0.3 is 0 Å². The topological polar surface area (TPSA) is 157 Å². The number of anilines is 1. The zero-order chi connectivity index (χ0) is 27.8. The molecule has 3 aromatic carbocycles. The van der Waals surface area contributed by atoms with Crippen molar-refractivity contribution >= 4 is 47.9 Å². The number of amides is 1. The van der Waals surface area contributed by atoms with Gasteiger partial charge in [-0.3, -0.25) is 20.2 Å². The fourth-order valence-electron chi connectivity index (χ4n) is 4.08. The molecule has 200 valence electrons. The van der Waals surface area contributed by atoms with E-state index in [-0.39, 0.29) is 36.9 Å². The number of sulfonamides is 1. The average molecular weight is 585 g/mol. The van der Waals surface area contributed by atoms with Gasteiger partial charge in [0.1, 0.15) is 4.21 Å². The van der Waals surface area contributed by atoms with E-state index in [1.807, 2.05) is 24.3 Å². The smallest absolute Gasteiger partial charge is 0.269 e. The molecule has 39 heavy (non-hydrogen) atoms. The maximum absolute atomic E-state index is 13.2. The fourth-order valence-corrected chi connectivity index (χ4v) is 7.92. The maximum Gasteiger partial charge on any atom is 0.269 e. The van der Waals surface area contributed by atoms with Crippen molar-refractivity contribution in [2.45, 2.75) is 27.0 Å². The monoisotopic (exact) mass is 584 g/mol. The Morgan fingerprint density at radius 2 is 1.56 bits per heavy atom. The van der Waals surface area contributed by atoms with Crippen LogP contribution in [-0.4, -0.2) is 43.5 Å². The molecular formula is C25H20N4O7S3. The summed E-state index contributed by atoms with van der Waals surface area (Å²) in [6, 6.07) is 17.6. The number of benzene rings is 3. The minimum absolute atomic E-state index is 0.0177. The van der Waals surface area contributed by atoms with Crippen molar-refractivity contribution in [3.8, 4) is 0 Å². The standard InChI is InChI=1S/C25H20N4O7S3/c30-24(27-25-26-15-23(37-25)38(33,34)21-11-7-20(8-12-21)29(31)32)18-5-9-22(10-6-18)39(35,36)28-14-13-17-3-1-2-4-19(17)16-28/h1-12,15H,13-14,16H2,(H,26,27,30). The summed E-state index contributed by atoms with van der Waals surface area (Å²) in [5.74, 6) is -0.598. The number of sulfone groups is 1. The van der Waals surface area contributed by atoms with E-state index >= 15 is 0 Å². The van der Waals surface area contributed by atoms with Gasteiger partial charge >= 0.3 is 0 Å². The lowest BCUT2D eigenvalue weighted by Gasteiger charge is -2.28. The highest BCUT2D eigenvalue weighted by Gasteiger charge is 2.28. The molecule has 1 N–H and O–H groups in total. The first kappa shape index (κ1) is 26.6. The van der Waals surface area contributed by atoms with Crippen LogP contribution < -0.4 is 5.32 Å². The van der Waals surface area contributed by atoms with E-state index in [4.69, 9.17) is 0 Å². The molecule has 0 spiro atoms. The fraction of sp³-hybridized carbons (Fsp3) is 0.120. The Labute approximate surface area is 227 Å². The Hall–Kier alpha value is -3.98. The second kappa shape index (κ2) is 10.3. The molecule has 5 rings (SSSR count). The van der Waals surface area contributed by atoms with E-state index in [9.17, 15) is 31.7 Å². The number of carbonyl (C=O) groups excluding carboxylic acids is 1. The normalized spacial score (nSPS) is 13.9. The van der Waals surface area contributed by atoms with Crippen molar-refractivity contribution in [2.75, 3.05) is 11.9 Å². The lowest BCUT2D eigenvalue weighted by Crippen LogP contribution is -2.35. The van der Waals surface area contributed by atoms with Gasteiger partial charge in [0.15, 0.2) is 5.13 Å². The van der Waals surface area contributed by atoms with Crippen molar-refractivity contribution in [3.63, 3.8) is 0 Å². The van der Waals surface area contributed by atoms with Crippen molar-refractivity contribution in [3.05, 3.63) is 106 Å². The molecule has 0 radical (unpaired) electrons. The number of nitro benzene ring substituents is 1. The van der Waals surface area contributed by atoms with Gasteiger partial charge in [0.05, 0.1) is 20.9 Å². The minimum atomic E-state index is -4.00. The molecule has 0 saturated carbocycles. The van der Waals surface area contributed by atoms with Crippen molar-refractivity contribution in [2.24, 2.45) is 0 Å². The Kier molecular flexibility index (Phi) is 7.03. The molecule has 14 heteroatoms. The summed E-state index contributed by atoms with van der Waals surface area (Å²) in [4.78, 5) is 26.8. The number of fused-ring (bicyclic) bond motifs is 1. The molecule has 0 saturated heterocycles. The third-order valence-corrected chi connectivity index (χ3v) is 11.2. The van der Waals surface area contributed by atoms with Gasteiger partial charge in [-0.25, -0.2) is 21.8 Å². The van der Waals surface area contributed by atoms with Crippen LogP contribution in [-0.2, 0) is 32.8 Å². The summed E-state index contributed by atoms with van der Waals surface area (Å²) >= 11 is 0.721. The molecule has 1 amide bonds. The molecule has 1 aliphatic rings. The predicted molar refractivity (Wildman–Crippen MR) is 143 cm³/mol. The summed E-state index contributed by atoms with van der Waals surface area (Å²) < 4.78 is 53.3. The molecule has 1 aliphatic heterocycles. The molecule has 0 bridgehead atoms. The van der Waals surface area contributed by atoms with E-state index < -0.39 is 30.7 Å². The van der Waals surface area contributed by atoms with Gasteiger partial charge in [-0.1, -0.05) is 35.6 Å². The van der Waals surface area contributed by atoms with Crippen LogP contribution in [0.15, 0.2) is 93.0 Å². The van der Waals surface area contributed by atoms with E-state index in [1.165, 1.54) is 28.6 Å². The van der Waals surface area contributed by atoms with Gasteiger partial charge in [0, 0.05) is 30.8 Å². The molecule has 0 fully saturated rings. The highest BCUT2D eigenvalue weighted by molar-refractivity contribution is 7.93. The number of hydrogen-bond donors (Lipinski definition) is 1. The SMILES string of the molecule is O=C(Nc1ncc(S(=O)(=O)c2ccc([N+](=O)[O-])cc2)s1)c1ccc(S(=O)(=O)N2CCc3ccccc3C2)cc1. The summed E-state index contributed by atoms with van der Waals surface area (Å²) in [6.45, 7) is 0.632. The van der Waals surface area contributed by atoms with Crippen molar-refractivity contribution in [1.82, 2.24) is 9.29 Å². The number of aromatic nitrogens is 1. The van der Waals surface area contributed by atoms with Gasteiger partial charge in [-0.2, -0.15) is 4.31 Å². The predicted octanol–water partition coefficient (Wildman–Crippen LogP) is 3.88. The molecular weight excluding hydrogens is 564 g/mol. The minimum Gasteiger partial charge on any atom is -0.298 e. The average Bonchev–Trinajstić information content (AvgIpc) is 3.42. The van der Waals surface area contributed by atoms with Crippen LogP contribution >= 0.6 is 11.3 Å². The van der Waals surface area contributed by atoms with Crippen LogP contribution in [0.1, 0.15) is 21.5 Å². The Balaban J connectivity index is 1.27. The highest BCUT2D eigenvalue weighted by atomic mass is 32.2. The van der Waals surface area contributed by atoms with Crippen LogP contribution in [0.4, 0.5) is 10.8 Å². The molecule has 2 heterocycles. The van der Waals surface area contributed by atoms with E-state index in [0.29, 0.717) is 13.0 Å². The van der Waals surface area contributed by atoms with Crippen LogP contribution in [0.2, 0.25) is 0 Å². The van der Waals surface area contributed by atoms with Gasteiger partial charge in [0.2, 0.25) is 19.9 Å². The highest BCUT2D eigenvalue weighted by Crippen LogP contribution is 2.30. The number of non-ortho nitro benzene ring substituents is 1. The number of carbonyl (C=O) groups is 1. The lowest BCUT2D eigenvalue weighted by molar-refractivity contribution is -0.384. The van der Waals surface area contributed by atoms with Crippen molar-refractivity contribution < 1.29 is 26.6 Å². The van der Waals surface area contributed by atoms with Gasteiger partial charge in [-0.15, -0.1) is 0 Å². The summed E-state index contributed by atoms with van der Waals surface area (Å²) in [6.07, 6.45) is 1.70. The van der Waals surface area contributed by atoms with Gasteiger partial charge in [0.25, 0.3) is 11.6 Å². The quantitative estimate of drug-likeness (QED) is 0.253. The van der Waals surface area contributed by atoms with Crippen molar-refractivity contribution in [1.29, 1.82) is 0 Å². The largest absolute Gasteiger partial charge is 0.298 e. The zero-order valence-electron chi connectivity index (χ0n) is 20.1. The van der Waals surface area contributed by atoms with Crippen LogP contribution in [0.3, 0.4) is 0 Å². The number of hydrogen-bond acceptors (Lipinski definition) is 9. The molecule has 4 aromatic rings. The molecule has 11 nitrogen and oxygen atoms in total. The Bertz CT molecular complexity index is 1780. The summed E-state index contributed by atoms with van der Waals surface area (Å²) in [5, 5.41) is 13.3. The zero-order valence-corrected chi connectivity index (χ0v) is 22.5. The van der Waals surface area contributed by atoms with E-state index in [0.717, 1.165) is 52.9 Å². The molecule has 0 atom stereocenters. The molecule has 0 unspecified atom stereocenters. The second-order valence-electron chi connectivity index (χ2n) is 8.57.